The zero-order valence-corrected chi connectivity index (χ0v) is 10.7. The molecule has 0 bridgehead atoms. The Morgan fingerprint density at radius 3 is 2.25 bits per heavy atom. The van der Waals surface area contributed by atoms with Crippen molar-refractivity contribution in [3.05, 3.63) is 23.5 Å². The lowest BCUT2D eigenvalue weighted by Crippen LogP contribution is -2.29. The van der Waals surface area contributed by atoms with Crippen LogP contribution in [0.4, 0.5) is 0 Å². The highest BCUT2D eigenvalue weighted by Gasteiger charge is 2.32. The molecule has 0 saturated heterocycles. The Labute approximate surface area is 113 Å². The number of rotatable bonds is 2. The van der Waals surface area contributed by atoms with Crippen molar-refractivity contribution < 1.29 is 24.2 Å². The summed E-state index contributed by atoms with van der Waals surface area (Å²) >= 11 is 0. The van der Waals surface area contributed by atoms with E-state index in [9.17, 15) is 9.59 Å². The molecule has 1 aliphatic heterocycles. The molecular weight excluding hydrogens is 264 g/mol. The van der Waals surface area contributed by atoms with Gasteiger partial charge in [-0.3, -0.25) is 4.79 Å². The summed E-state index contributed by atoms with van der Waals surface area (Å²) in [5.74, 6) is -1.16. The second-order valence-corrected chi connectivity index (χ2v) is 4.77. The van der Waals surface area contributed by atoms with Crippen molar-refractivity contribution in [3.8, 4) is 11.5 Å². The third-order valence-corrected chi connectivity index (χ3v) is 2.78. The molecule has 102 valence electrons. The van der Waals surface area contributed by atoms with E-state index in [1.165, 1.54) is 0 Å². The van der Waals surface area contributed by atoms with Crippen molar-refractivity contribution >= 4 is 23.3 Å². The minimum atomic E-state index is -1.31. The Morgan fingerprint density at radius 2 is 1.75 bits per heavy atom. The molecule has 1 aromatic heterocycles. The first-order valence-corrected chi connectivity index (χ1v) is 5.82. The largest absolute Gasteiger partial charge is 0.476 e. The molecule has 0 saturated carbocycles. The van der Waals surface area contributed by atoms with Crippen LogP contribution in [0.1, 0.15) is 34.8 Å². The summed E-state index contributed by atoms with van der Waals surface area (Å²) in [7, 11) is 0. The van der Waals surface area contributed by atoms with Gasteiger partial charge in [0.05, 0.1) is 11.0 Å². The average molecular weight is 274 g/mol. The molecular formula is C13H10N2O5. The van der Waals surface area contributed by atoms with E-state index in [1.807, 2.05) is 0 Å². The summed E-state index contributed by atoms with van der Waals surface area (Å²) in [4.78, 5) is 29.9. The van der Waals surface area contributed by atoms with Crippen LogP contribution in [0.2, 0.25) is 0 Å². The minimum Gasteiger partial charge on any atom is -0.476 e. The first-order chi connectivity index (χ1) is 9.39. The van der Waals surface area contributed by atoms with Crippen LogP contribution in [0.5, 0.6) is 11.5 Å². The van der Waals surface area contributed by atoms with Gasteiger partial charge in [0.2, 0.25) is 5.79 Å². The normalized spacial score (nSPS) is 15.3. The first-order valence-electron chi connectivity index (χ1n) is 5.82. The average Bonchev–Trinajstić information content (AvgIpc) is 2.66. The lowest BCUT2D eigenvalue weighted by atomic mass is 10.2. The summed E-state index contributed by atoms with van der Waals surface area (Å²) < 4.78 is 11.1. The smallest absolute Gasteiger partial charge is 0.356 e. The van der Waals surface area contributed by atoms with Gasteiger partial charge in [-0.2, -0.15) is 0 Å². The lowest BCUT2D eigenvalue weighted by molar-refractivity contribution is -0.0431. The molecule has 7 nitrogen and oxygen atoms in total. The Balaban J connectivity index is 2.24. The Hall–Kier alpha value is -2.70. The first kappa shape index (κ1) is 12.3. The number of aldehydes is 1. The highest BCUT2D eigenvalue weighted by atomic mass is 16.7. The molecule has 1 aromatic carbocycles. The van der Waals surface area contributed by atoms with E-state index in [-0.39, 0.29) is 11.4 Å². The third kappa shape index (κ3) is 1.83. The molecule has 0 amide bonds. The fourth-order valence-electron chi connectivity index (χ4n) is 2.03. The number of carbonyl (C=O) groups is 2. The predicted octanol–water partition coefficient (Wildman–Crippen LogP) is 1.65. The molecule has 0 fully saturated rings. The van der Waals surface area contributed by atoms with Gasteiger partial charge in [-0.25, -0.2) is 14.8 Å². The Bertz CT molecular complexity index is 754. The van der Waals surface area contributed by atoms with Gasteiger partial charge in [0, 0.05) is 26.0 Å². The number of carbonyl (C=O) groups excluding carboxylic acids is 1. The molecule has 20 heavy (non-hydrogen) atoms. The number of nitrogens with zero attached hydrogens (tertiary/aromatic N) is 2. The monoisotopic (exact) mass is 274 g/mol. The molecule has 0 atom stereocenters. The molecule has 0 radical (unpaired) electrons. The van der Waals surface area contributed by atoms with Gasteiger partial charge in [0.25, 0.3) is 0 Å². The lowest BCUT2D eigenvalue weighted by Gasteiger charge is -2.16. The number of aromatic carboxylic acids is 1. The van der Waals surface area contributed by atoms with Gasteiger partial charge in [0.1, 0.15) is 5.69 Å². The van der Waals surface area contributed by atoms with Crippen LogP contribution in [0.15, 0.2) is 12.1 Å². The minimum absolute atomic E-state index is 0.219. The topological polar surface area (TPSA) is 98.6 Å². The van der Waals surface area contributed by atoms with Crippen molar-refractivity contribution in [2.24, 2.45) is 0 Å². The fourth-order valence-corrected chi connectivity index (χ4v) is 2.03. The summed E-state index contributed by atoms with van der Waals surface area (Å²) in [5, 5.41) is 9.02. The summed E-state index contributed by atoms with van der Waals surface area (Å²) in [6, 6.07) is 3.12. The molecule has 1 aliphatic rings. The van der Waals surface area contributed by atoms with Gasteiger partial charge >= 0.3 is 5.97 Å². The SMILES string of the molecule is CC1(C)Oc2cc3nc(C=O)c(C(=O)O)nc3cc2O1. The van der Waals surface area contributed by atoms with Crippen LogP contribution in [0.25, 0.3) is 11.0 Å². The molecule has 2 aromatic rings. The number of fused-ring (bicyclic) bond motifs is 2. The van der Waals surface area contributed by atoms with Gasteiger partial charge in [-0.15, -0.1) is 0 Å². The van der Waals surface area contributed by atoms with Crippen LogP contribution in [-0.4, -0.2) is 33.1 Å². The van der Waals surface area contributed by atoms with Gasteiger partial charge in [0.15, 0.2) is 23.5 Å². The van der Waals surface area contributed by atoms with Crippen LogP contribution in [-0.2, 0) is 0 Å². The number of ether oxygens (including phenoxy) is 2. The van der Waals surface area contributed by atoms with Crippen LogP contribution >= 0.6 is 0 Å². The van der Waals surface area contributed by atoms with Gasteiger partial charge < -0.3 is 14.6 Å². The predicted molar refractivity (Wildman–Crippen MR) is 67.2 cm³/mol. The van der Waals surface area contributed by atoms with Crippen LogP contribution < -0.4 is 9.47 Å². The van der Waals surface area contributed by atoms with E-state index in [4.69, 9.17) is 14.6 Å². The van der Waals surface area contributed by atoms with Crippen LogP contribution in [0, 0.1) is 0 Å². The summed E-state index contributed by atoms with van der Waals surface area (Å²) in [6.45, 7) is 3.50. The van der Waals surface area contributed by atoms with E-state index in [1.54, 1.807) is 26.0 Å². The number of carboxylic acid groups (broad SMARTS) is 1. The van der Waals surface area contributed by atoms with Gasteiger partial charge in [-0.1, -0.05) is 0 Å². The van der Waals surface area contributed by atoms with Crippen molar-refractivity contribution in [1.82, 2.24) is 9.97 Å². The number of hydrogen-bond acceptors (Lipinski definition) is 6. The Kier molecular flexibility index (Phi) is 2.40. The number of carboxylic acids is 1. The molecule has 2 heterocycles. The quantitative estimate of drug-likeness (QED) is 0.831. The number of hydrogen-bond donors (Lipinski definition) is 1. The molecule has 0 unspecified atom stereocenters. The molecule has 7 heteroatoms. The Morgan fingerprint density at radius 1 is 1.20 bits per heavy atom. The molecule has 3 rings (SSSR count). The van der Waals surface area contributed by atoms with E-state index in [0.29, 0.717) is 28.8 Å². The third-order valence-electron chi connectivity index (χ3n) is 2.78. The zero-order chi connectivity index (χ0) is 14.5. The molecule has 0 aliphatic carbocycles. The molecule has 0 spiro atoms. The second-order valence-electron chi connectivity index (χ2n) is 4.77. The van der Waals surface area contributed by atoms with Crippen molar-refractivity contribution in [2.75, 3.05) is 0 Å². The maximum absolute atomic E-state index is 11.0. The van der Waals surface area contributed by atoms with Crippen molar-refractivity contribution in [2.45, 2.75) is 19.6 Å². The summed E-state index contributed by atoms with van der Waals surface area (Å²) in [6.07, 6.45) is 0.365. The van der Waals surface area contributed by atoms with E-state index < -0.39 is 11.8 Å². The maximum Gasteiger partial charge on any atom is 0.356 e. The van der Waals surface area contributed by atoms with E-state index in [0.717, 1.165) is 0 Å². The standard InChI is InChI=1S/C13H10N2O5/c1-13(2)19-9-3-6-7(4-10(9)20-13)15-11(12(17)18)8(5-16)14-6/h3-5H,1-2H3,(H,17,18). The highest BCUT2D eigenvalue weighted by molar-refractivity contribution is 5.97. The second kappa shape index (κ2) is 3.89. The molecule has 1 N–H and O–H groups in total. The highest BCUT2D eigenvalue weighted by Crippen LogP contribution is 2.41. The zero-order valence-electron chi connectivity index (χ0n) is 10.7. The summed E-state index contributed by atoms with van der Waals surface area (Å²) in [5.41, 5.74) is 0.0963. The maximum atomic E-state index is 11.0. The van der Waals surface area contributed by atoms with Gasteiger partial charge in [-0.05, 0) is 0 Å². The van der Waals surface area contributed by atoms with E-state index >= 15 is 0 Å². The number of benzene rings is 1. The van der Waals surface area contributed by atoms with Crippen molar-refractivity contribution in [3.63, 3.8) is 0 Å². The number of aromatic nitrogens is 2. The fraction of sp³-hybridized carbons (Fsp3) is 0.231. The van der Waals surface area contributed by atoms with Crippen molar-refractivity contribution in [1.29, 1.82) is 0 Å². The van der Waals surface area contributed by atoms with Crippen LogP contribution in [0.3, 0.4) is 0 Å². The van der Waals surface area contributed by atoms with E-state index in [2.05, 4.69) is 9.97 Å².